The highest BCUT2D eigenvalue weighted by Crippen LogP contribution is 2.40. The SMILES string of the molecule is BrCc1ccnc(Br)c1.CC1(C)OB(c2ccc(-c3nc4c(cc3Cl)nc(O[C@@H]3CO[C@H]5[C@@H]3OC[C@H]5O)n4COCC[Si](C)(C)C)cc2)OC1(C)C.CS(C)(=O)=NCc1ccnc(Br)c1.C[Si](C)(C)CCOCn1c(O[C@@H]2CO[C@H]3[C@@H]2OC[C@H]3O)nc2cc(Cl)c(-c3ccc(-c4cc(CN=S(C)(C)=O)ccn4)cc3)nc21. The minimum Gasteiger partial charge on any atom is -0.456 e. The number of halogens is 5. The molecular weight excluding hydrogens is 1730 g/mol. The van der Waals surface area contributed by atoms with Crippen LogP contribution in [0.5, 0.6) is 12.0 Å². The molecular formula is C76H97BBr3Cl2N11O14S2Si2. The number of nitrogens with zero attached hydrogens (tertiary/aromatic N) is 11. The largest absolute Gasteiger partial charge is 0.494 e. The van der Waals surface area contributed by atoms with Crippen LogP contribution in [0.3, 0.4) is 0 Å². The quantitative estimate of drug-likeness (QED) is 0.0260. The molecule has 35 heteroatoms. The van der Waals surface area contributed by atoms with Gasteiger partial charge in [-0.25, -0.2) is 28.7 Å². The maximum absolute atomic E-state index is 12.0. The number of aromatic nitrogens is 9. The maximum Gasteiger partial charge on any atom is 0.494 e. The number of aliphatic hydroxyl groups is 2. The van der Waals surface area contributed by atoms with Crippen LogP contribution < -0.4 is 14.9 Å². The van der Waals surface area contributed by atoms with Gasteiger partial charge >= 0.3 is 19.1 Å². The van der Waals surface area contributed by atoms with Gasteiger partial charge in [-0.2, -0.15) is 9.97 Å². The Hall–Kier alpha value is -5.25. The maximum atomic E-state index is 12.0. The molecule has 25 nitrogen and oxygen atoms in total. The van der Waals surface area contributed by atoms with Gasteiger partial charge in [0.1, 0.15) is 70.3 Å². The van der Waals surface area contributed by atoms with Crippen molar-refractivity contribution in [3.8, 4) is 45.8 Å². The number of rotatable bonds is 23. The number of ether oxygens (including phenoxy) is 8. The smallest absolute Gasteiger partial charge is 0.456 e. The molecule has 7 aromatic heterocycles. The second kappa shape index (κ2) is 36.9. The van der Waals surface area contributed by atoms with Gasteiger partial charge < -0.3 is 57.4 Å². The second-order valence-corrected chi connectivity index (χ2v) is 51.2. The van der Waals surface area contributed by atoms with E-state index in [0.717, 1.165) is 65.6 Å². The number of hydrogen-bond acceptors (Lipinski definition) is 23. The fraction of sp³-hybridized carbons (Fsp3) is 0.487. The Morgan fingerprint density at radius 1 is 0.550 bits per heavy atom. The zero-order valence-electron chi connectivity index (χ0n) is 64.8. The number of fused-ring (bicyclic) bond motifs is 4. The number of alkyl halides is 1. The van der Waals surface area contributed by atoms with Crippen molar-refractivity contribution in [1.29, 1.82) is 0 Å². The van der Waals surface area contributed by atoms with E-state index in [-0.39, 0.29) is 45.5 Å². The van der Waals surface area contributed by atoms with E-state index in [2.05, 4.69) is 111 Å². The highest BCUT2D eigenvalue weighted by atomic mass is 79.9. The van der Waals surface area contributed by atoms with Gasteiger partial charge in [0.15, 0.2) is 23.5 Å². The van der Waals surface area contributed by atoms with E-state index >= 15 is 0 Å². The summed E-state index contributed by atoms with van der Waals surface area (Å²) in [6.45, 7) is 25.6. The van der Waals surface area contributed by atoms with Gasteiger partial charge in [-0.05, 0) is 142 Å². The fourth-order valence-corrected chi connectivity index (χ4v) is 16.2. The third kappa shape index (κ3) is 23.3. The van der Waals surface area contributed by atoms with Crippen LogP contribution >= 0.6 is 71.0 Å². The first-order valence-electron chi connectivity index (χ1n) is 36.4. The molecule has 8 atom stereocenters. The lowest BCUT2D eigenvalue weighted by atomic mass is 9.79. The van der Waals surface area contributed by atoms with Gasteiger partial charge in [0.2, 0.25) is 0 Å². The van der Waals surface area contributed by atoms with Gasteiger partial charge in [-0.1, -0.05) is 127 Å². The van der Waals surface area contributed by atoms with Crippen LogP contribution in [0.25, 0.3) is 56.1 Å². The van der Waals surface area contributed by atoms with Gasteiger partial charge in [-0.15, -0.1) is 0 Å². The molecule has 0 amide bonds. The van der Waals surface area contributed by atoms with Crippen LogP contribution in [0.1, 0.15) is 44.4 Å². The number of benzene rings is 2. The molecule has 5 aliphatic heterocycles. The third-order valence-electron chi connectivity index (χ3n) is 19.0. The van der Waals surface area contributed by atoms with Crippen molar-refractivity contribution in [2.75, 3.05) is 64.7 Å². The molecule has 9 aromatic rings. The summed E-state index contributed by atoms with van der Waals surface area (Å²) in [4.78, 5) is 31.9. The lowest BCUT2D eigenvalue weighted by molar-refractivity contribution is 0.00332. The van der Waals surface area contributed by atoms with Crippen LogP contribution in [0, 0.1) is 0 Å². The Morgan fingerprint density at radius 2 is 0.946 bits per heavy atom. The predicted octanol–water partition coefficient (Wildman–Crippen LogP) is 14.3. The Bertz CT molecular complexity index is 4960. The minimum atomic E-state index is -2.19. The molecule has 0 bridgehead atoms. The monoisotopic (exact) mass is 1830 g/mol. The second-order valence-electron chi connectivity index (χ2n) is 31.7. The number of pyridine rings is 5. The van der Waals surface area contributed by atoms with Crippen molar-refractivity contribution < 1.29 is 65.8 Å². The van der Waals surface area contributed by atoms with Crippen molar-refractivity contribution in [3.63, 3.8) is 0 Å². The molecule has 0 aliphatic carbocycles. The minimum absolute atomic E-state index is 0.202. The first-order chi connectivity index (χ1) is 52.4. The molecule has 0 spiro atoms. The number of hydrogen-bond donors (Lipinski definition) is 2. The molecule has 0 saturated carbocycles. The van der Waals surface area contributed by atoms with E-state index in [0.29, 0.717) is 88.7 Å². The Labute approximate surface area is 687 Å². The highest BCUT2D eigenvalue weighted by Gasteiger charge is 2.53. The van der Waals surface area contributed by atoms with Crippen LogP contribution in [0.15, 0.2) is 134 Å². The first kappa shape index (κ1) is 86.6. The summed E-state index contributed by atoms with van der Waals surface area (Å²) < 4.78 is 97.4. The average Bonchev–Trinajstić information content (AvgIpc) is 1.63. The van der Waals surface area contributed by atoms with Crippen molar-refractivity contribution in [1.82, 2.24) is 44.0 Å². The van der Waals surface area contributed by atoms with Crippen LogP contribution in [0.4, 0.5) is 0 Å². The van der Waals surface area contributed by atoms with Crippen molar-refractivity contribution in [3.05, 3.63) is 152 Å². The summed E-state index contributed by atoms with van der Waals surface area (Å²) in [7, 11) is -7.21. The lowest BCUT2D eigenvalue weighted by Crippen LogP contribution is -2.41. The van der Waals surface area contributed by atoms with Gasteiger partial charge in [-0.3, -0.25) is 22.5 Å². The fourth-order valence-electron chi connectivity index (χ4n) is 12.1. The van der Waals surface area contributed by atoms with E-state index in [1.165, 1.54) is 5.56 Å². The van der Waals surface area contributed by atoms with Crippen LogP contribution in [-0.4, -0.2) is 211 Å². The molecule has 12 heterocycles. The summed E-state index contributed by atoms with van der Waals surface area (Å²) in [6, 6.07) is 33.6. The summed E-state index contributed by atoms with van der Waals surface area (Å²) in [5.41, 5.74) is 10.2. The standard InChI is InChI=1S/C32H40ClN5O6SSi.C30H41BClN3O7Si.C8H11BrN2OS.C6H5Br2N/c1-45(2,40)35-16-20-10-11-34-24(14-20)21-6-8-22(9-7-21)28-23(33)15-25-31(37-28)38(19-41-12-13-46(3,4)5)32(36-25)44-27-18-43-29-26(39)17-42-30(27)29;1-29(2)30(3,4)42-31(41-29)19-10-8-18(9-11-19)24-20(32)14-21-27(34-24)35(17-37-12-13-43(5,6)7)28(33-21)40-23-16-39-25-22(36)15-38-26(23)25;1-13(2,12)11-6-7-3-4-10-8(9)5-7;7-4-5-1-2-9-6(8)3-5/h6-11,14-15,26-27,29-30,39H,12-13,16-19H2,1-5H3;8-11,14,22-23,25-26,36H,12-13,15-17H2,1-7H3;3-5H,6H2,1-2H3;1-3H,4H2/t26-,27-,29-,30-;22-,23-,25-,26-;;/m11../s1. The Morgan fingerprint density at radius 3 is 1.36 bits per heavy atom. The average molecular weight is 1830 g/mol. The Balaban J connectivity index is 0.000000173. The van der Waals surface area contributed by atoms with Crippen molar-refractivity contribution in [2.45, 2.75) is 171 Å². The van der Waals surface area contributed by atoms with Crippen molar-refractivity contribution >= 4 is 142 Å². The molecule has 2 N–H and O–H groups in total. The molecule has 0 radical (unpaired) electrons. The Kier molecular flexibility index (Phi) is 28.8. The summed E-state index contributed by atoms with van der Waals surface area (Å²) in [5, 5.41) is 22.2. The highest BCUT2D eigenvalue weighted by molar-refractivity contribution is 9.10. The zero-order valence-corrected chi connectivity index (χ0v) is 74.7. The predicted molar refractivity (Wildman–Crippen MR) is 452 cm³/mol. The molecule has 5 aliphatic rings. The van der Waals surface area contributed by atoms with Gasteiger partial charge in [0.05, 0.1) is 77.8 Å². The summed E-state index contributed by atoms with van der Waals surface area (Å²) in [5.74, 6) is 0. The van der Waals surface area contributed by atoms with E-state index in [1.807, 2.05) is 122 Å². The summed E-state index contributed by atoms with van der Waals surface area (Å²) >= 11 is 23.4. The molecule has 111 heavy (non-hydrogen) atoms. The topological polar surface area (TPSA) is 292 Å². The van der Waals surface area contributed by atoms with Crippen LogP contribution in [-0.2, 0) is 89.1 Å². The van der Waals surface area contributed by atoms with E-state index in [4.69, 9.17) is 90.3 Å². The van der Waals surface area contributed by atoms with Crippen molar-refractivity contribution in [2.24, 2.45) is 8.73 Å². The number of imidazole rings is 2. The summed E-state index contributed by atoms with van der Waals surface area (Å²) in [6.07, 6.45) is 7.95. The normalized spacial score (nSPS) is 21.3. The van der Waals surface area contributed by atoms with E-state index in [1.54, 1.807) is 55.7 Å². The van der Waals surface area contributed by atoms with Crippen LogP contribution in [0.2, 0.25) is 61.4 Å². The molecule has 5 fully saturated rings. The molecule has 14 rings (SSSR count). The molecule has 5 saturated heterocycles. The first-order valence-corrected chi connectivity index (χ1v) is 51.9. The van der Waals surface area contributed by atoms with Gasteiger partial charge in [0, 0.05) is 114 Å². The number of aliphatic hydroxyl groups excluding tert-OH is 2. The lowest BCUT2D eigenvalue weighted by Gasteiger charge is -2.32. The van der Waals surface area contributed by atoms with E-state index in [9.17, 15) is 18.6 Å². The molecule has 0 unspecified atom stereocenters. The molecule has 2 aromatic carbocycles. The molecule has 598 valence electrons. The zero-order chi connectivity index (χ0) is 80.0. The van der Waals surface area contributed by atoms with E-state index < -0.39 is 90.6 Å². The third-order valence-corrected chi connectivity index (χ3v) is 26.0. The van der Waals surface area contributed by atoms with Gasteiger partial charge in [0.25, 0.3) is 0 Å².